The summed E-state index contributed by atoms with van der Waals surface area (Å²) in [6.07, 6.45) is -1.99. The highest BCUT2D eigenvalue weighted by Gasteiger charge is 2.53. The van der Waals surface area contributed by atoms with Crippen molar-refractivity contribution < 1.29 is 18.0 Å². The molecule has 1 saturated heterocycles. The van der Waals surface area contributed by atoms with Gasteiger partial charge in [0.2, 0.25) is 0 Å². The van der Waals surface area contributed by atoms with Crippen LogP contribution in [-0.4, -0.2) is 42.7 Å². The Balaban J connectivity index is 1.58. The van der Waals surface area contributed by atoms with E-state index in [0.717, 1.165) is 21.6 Å². The molecule has 1 heterocycles. The van der Waals surface area contributed by atoms with E-state index in [1.54, 1.807) is 0 Å². The van der Waals surface area contributed by atoms with Gasteiger partial charge in [0.15, 0.2) is 0 Å². The average molecular weight is 456 g/mol. The molecule has 1 aliphatic heterocycles. The Morgan fingerprint density at radius 1 is 1.06 bits per heavy atom. The summed E-state index contributed by atoms with van der Waals surface area (Å²) >= 11 is 0. The molecule has 2 aromatic carbocycles. The summed E-state index contributed by atoms with van der Waals surface area (Å²) in [6.45, 7) is 1.53. The van der Waals surface area contributed by atoms with Crippen molar-refractivity contribution >= 4 is 5.91 Å². The summed E-state index contributed by atoms with van der Waals surface area (Å²) in [5.74, 6) is -1.78. The van der Waals surface area contributed by atoms with E-state index in [4.69, 9.17) is 5.26 Å². The van der Waals surface area contributed by atoms with E-state index in [1.807, 2.05) is 54.6 Å². The van der Waals surface area contributed by atoms with Crippen LogP contribution in [0.15, 0.2) is 54.6 Å². The molecule has 0 spiro atoms. The molecule has 2 atom stereocenters. The van der Waals surface area contributed by atoms with Crippen LogP contribution in [0.1, 0.15) is 41.9 Å². The Morgan fingerprint density at radius 2 is 1.70 bits per heavy atom. The molecule has 174 valence electrons. The van der Waals surface area contributed by atoms with Gasteiger partial charge in [0.1, 0.15) is 0 Å². The number of alkyl halides is 3. The second-order valence-corrected chi connectivity index (χ2v) is 9.33. The third-order valence-corrected chi connectivity index (χ3v) is 6.94. The molecule has 1 aliphatic carbocycles. The highest BCUT2D eigenvalue weighted by molar-refractivity contribution is 5.82. The van der Waals surface area contributed by atoms with Crippen molar-refractivity contribution in [3.63, 3.8) is 0 Å². The highest BCUT2D eigenvalue weighted by Crippen LogP contribution is 2.48. The van der Waals surface area contributed by atoms with Crippen LogP contribution in [0, 0.1) is 16.7 Å². The fraction of sp³-hybridized carbons (Fsp3) is 0.462. The first kappa shape index (κ1) is 23.3. The Kier molecular flexibility index (Phi) is 6.76. The maximum atomic E-state index is 13.6. The molecule has 2 aliphatic rings. The number of amides is 1. The molecule has 1 saturated carbocycles. The van der Waals surface area contributed by atoms with Crippen molar-refractivity contribution in [2.24, 2.45) is 5.41 Å². The Labute approximate surface area is 192 Å². The van der Waals surface area contributed by atoms with E-state index in [9.17, 15) is 18.0 Å². The summed E-state index contributed by atoms with van der Waals surface area (Å²) in [6, 6.07) is 18.9. The molecule has 2 aromatic rings. The van der Waals surface area contributed by atoms with Gasteiger partial charge in [0.25, 0.3) is 0 Å². The summed E-state index contributed by atoms with van der Waals surface area (Å²) in [5.41, 5.74) is 2.49. The summed E-state index contributed by atoms with van der Waals surface area (Å²) in [5, 5.41) is 12.2. The molecule has 2 fully saturated rings. The van der Waals surface area contributed by atoms with Crippen molar-refractivity contribution in [1.29, 1.82) is 5.26 Å². The minimum absolute atomic E-state index is 0.0541. The number of hydrogen-bond acceptors (Lipinski definition) is 3. The van der Waals surface area contributed by atoms with Gasteiger partial charge in [-0.25, -0.2) is 0 Å². The molecular formula is C26H28F3N3O. The summed E-state index contributed by atoms with van der Waals surface area (Å²) < 4.78 is 40.8. The number of piperidine rings is 1. The maximum Gasteiger partial charge on any atom is 0.471 e. The fourth-order valence-electron chi connectivity index (χ4n) is 5.10. The number of halogens is 3. The number of nitrogens with one attached hydrogen (secondary N) is 1. The molecule has 4 nitrogen and oxygen atoms in total. The van der Waals surface area contributed by atoms with Crippen LogP contribution in [0.5, 0.6) is 0 Å². The van der Waals surface area contributed by atoms with Crippen LogP contribution in [-0.2, 0) is 17.6 Å². The second kappa shape index (κ2) is 9.56. The monoisotopic (exact) mass is 455 g/mol. The number of hydrogen-bond donors (Lipinski definition) is 1. The number of benzene rings is 2. The number of nitriles is 1. The largest absolute Gasteiger partial charge is 0.471 e. The minimum atomic E-state index is -4.89. The molecule has 0 aromatic heterocycles. The van der Waals surface area contributed by atoms with Gasteiger partial charge in [0, 0.05) is 18.5 Å². The van der Waals surface area contributed by atoms with E-state index >= 15 is 0 Å². The SMILES string of the molecule is N#CCc1ccc(CC2(CN(C(=O)C(F)(F)F)[C@@H]3C[C@H]3c3ccccc3)CCNCC2)cc1. The van der Waals surface area contributed by atoms with Crippen LogP contribution in [0.2, 0.25) is 0 Å². The summed E-state index contributed by atoms with van der Waals surface area (Å²) in [4.78, 5) is 13.7. The average Bonchev–Trinajstić information content (AvgIpc) is 3.60. The lowest BCUT2D eigenvalue weighted by Gasteiger charge is -2.42. The standard InChI is InChI=1S/C26H28F3N3O/c27-26(28,29)24(33)32(23-16-22(23)21-4-2-1-3-5-21)18-25(11-14-31-15-12-25)17-20-8-6-19(7-9-20)10-13-30/h1-9,22-23,31H,10-12,14-18H2/t22-,23+/m0/s1. The topological polar surface area (TPSA) is 56.1 Å². The van der Waals surface area contributed by atoms with Crippen LogP contribution >= 0.6 is 0 Å². The molecule has 33 heavy (non-hydrogen) atoms. The van der Waals surface area contributed by atoms with Gasteiger partial charge in [-0.15, -0.1) is 0 Å². The van der Waals surface area contributed by atoms with Crippen molar-refractivity contribution in [3.8, 4) is 6.07 Å². The first-order valence-electron chi connectivity index (χ1n) is 11.4. The Bertz CT molecular complexity index is 992. The van der Waals surface area contributed by atoms with Crippen LogP contribution < -0.4 is 5.32 Å². The van der Waals surface area contributed by atoms with Gasteiger partial charge in [-0.3, -0.25) is 4.79 Å². The van der Waals surface area contributed by atoms with Crippen molar-refractivity contribution in [2.45, 2.75) is 50.2 Å². The van der Waals surface area contributed by atoms with Gasteiger partial charge in [-0.2, -0.15) is 18.4 Å². The van der Waals surface area contributed by atoms with Crippen LogP contribution in [0.4, 0.5) is 13.2 Å². The Morgan fingerprint density at radius 3 is 2.30 bits per heavy atom. The zero-order valence-corrected chi connectivity index (χ0v) is 18.4. The van der Waals surface area contributed by atoms with Gasteiger partial charge < -0.3 is 10.2 Å². The van der Waals surface area contributed by atoms with Gasteiger partial charge in [0.05, 0.1) is 12.5 Å². The first-order valence-corrected chi connectivity index (χ1v) is 11.4. The number of carbonyl (C=O) groups is 1. The van der Waals surface area contributed by atoms with Gasteiger partial charge >= 0.3 is 12.1 Å². The number of carbonyl (C=O) groups excluding carboxylic acids is 1. The quantitative estimate of drug-likeness (QED) is 0.663. The fourth-order valence-corrected chi connectivity index (χ4v) is 5.10. The lowest BCUT2D eigenvalue weighted by atomic mass is 9.73. The molecular weight excluding hydrogens is 427 g/mol. The lowest BCUT2D eigenvalue weighted by Crippen LogP contribution is -2.51. The second-order valence-electron chi connectivity index (χ2n) is 9.33. The summed E-state index contributed by atoms with van der Waals surface area (Å²) in [7, 11) is 0. The molecule has 4 rings (SSSR count). The predicted octanol–water partition coefficient (Wildman–Crippen LogP) is 4.61. The number of rotatable bonds is 7. The number of nitrogens with zero attached hydrogens (tertiary/aromatic N) is 2. The molecule has 1 amide bonds. The van der Waals surface area contributed by atoms with E-state index in [1.165, 1.54) is 0 Å². The predicted molar refractivity (Wildman–Crippen MR) is 119 cm³/mol. The van der Waals surface area contributed by atoms with E-state index in [2.05, 4.69) is 11.4 Å². The molecule has 0 radical (unpaired) electrons. The maximum absolute atomic E-state index is 13.6. The zero-order valence-electron chi connectivity index (χ0n) is 18.4. The van der Waals surface area contributed by atoms with Gasteiger partial charge in [-0.1, -0.05) is 54.6 Å². The van der Waals surface area contributed by atoms with Gasteiger partial charge in [-0.05, 0) is 60.9 Å². The van der Waals surface area contributed by atoms with Crippen LogP contribution in [0.25, 0.3) is 0 Å². The van der Waals surface area contributed by atoms with Crippen molar-refractivity contribution in [2.75, 3.05) is 19.6 Å². The molecule has 7 heteroatoms. The van der Waals surface area contributed by atoms with E-state index in [0.29, 0.717) is 45.2 Å². The third-order valence-electron chi connectivity index (χ3n) is 6.94. The molecule has 1 N–H and O–H groups in total. The zero-order chi connectivity index (χ0) is 23.5. The lowest BCUT2D eigenvalue weighted by molar-refractivity contribution is -0.188. The molecule has 0 bridgehead atoms. The Hall–Kier alpha value is -2.85. The molecule has 0 unspecified atom stereocenters. The normalized spacial score (nSPS) is 21.8. The third kappa shape index (κ3) is 5.56. The highest BCUT2D eigenvalue weighted by atomic mass is 19.4. The first-order chi connectivity index (χ1) is 15.8. The van der Waals surface area contributed by atoms with E-state index < -0.39 is 23.5 Å². The van der Waals surface area contributed by atoms with Crippen LogP contribution in [0.3, 0.4) is 0 Å². The van der Waals surface area contributed by atoms with Crippen molar-refractivity contribution in [3.05, 3.63) is 71.3 Å². The van der Waals surface area contributed by atoms with E-state index in [-0.39, 0.29) is 12.5 Å². The minimum Gasteiger partial charge on any atom is -0.331 e. The van der Waals surface area contributed by atoms with Crippen molar-refractivity contribution in [1.82, 2.24) is 10.2 Å². The smallest absolute Gasteiger partial charge is 0.331 e.